The maximum Gasteiger partial charge on any atom is 0.251 e. The topological polar surface area (TPSA) is 59.1 Å². The van der Waals surface area contributed by atoms with Crippen molar-refractivity contribution in [1.29, 1.82) is 0 Å². The Kier molecular flexibility index (Phi) is 5.81. The highest BCUT2D eigenvalue weighted by atomic mass is 16.5. The second-order valence-corrected chi connectivity index (χ2v) is 7.16. The molecule has 2 fully saturated rings. The molecule has 1 aromatic rings. The van der Waals surface area contributed by atoms with E-state index in [1.165, 1.54) is 0 Å². The zero-order valence-corrected chi connectivity index (χ0v) is 15.9. The van der Waals surface area contributed by atoms with Crippen LogP contribution in [0, 0.1) is 13.8 Å². The second-order valence-electron chi connectivity index (χ2n) is 7.16. The lowest BCUT2D eigenvalue weighted by Gasteiger charge is -2.36. The maximum atomic E-state index is 12.7. The first-order chi connectivity index (χ1) is 12.5. The first-order valence-electron chi connectivity index (χ1n) is 9.32. The monoisotopic (exact) mass is 360 g/mol. The SMILES string of the molecule is COc1c(C)cc(C)cc1CC(=O)N1CCN(C(=O)C2CCCO2)CC1. The predicted octanol–water partition coefficient (Wildman–Crippen LogP) is 1.70. The molecule has 0 spiro atoms. The Labute approximate surface area is 155 Å². The summed E-state index contributed by atoms with van der Waals surface area (Å²) >= 11 is 0. The fourth-order valence-corrected chi connectivity index (χ4v) is 3.89. The van der Waals surface area contributed by atoms with Gasteiger partial charge in [0.1, 0.15) is 11.9 Å². The van der Waals surface area contributed by atoms with Crippen molar-refractivity contribution in [3.63, 3.8) is 0 Å². The molecule has 26 heavy (non-hydrogen) atoms. The van der Waals surface area contributed by atoms with Crippen LogP contribution in [-0.4, -0.2) is 67.6 Å². The number of benzene rings is 1. The van der Waals surface area contributed by atoms with Crippen molar-refractivity contribution in [2.24, 2.45) is 0 Å². The number of methoxy groups -OCH3 is 1. The van der Waals surface area contributed by atoms with E-state index in [1.54, 1.807) is 7.11 Å². The molecule has 6 nitrogen and oxygen atoms in total. The van der Waals surface area contributed by atoms with Crippen molar-refractivity contribution in [2.75, 3.05) is 39.9 Å². The zero-order valence-electron chi connectivity index (χ0n) is 15.9. The Bertz CT molecular complexity index is 675. The van der Waals surface area contributed by atoms with E-state index in [2.05, 4.69) is 6.07 Å². The summed E-state index contributed by atoms with van der Waals surface area (Å²) in [5, 5.41) is 0. The Morgan fingerprint density at radius 2 is 1.85 bits per heavy atom. The molecule has 0 aromatic heterocycles. The molecule has 2 heterocycles. The van der Waals surface area contributed by atoms with Gasteiger partial charge in [-0.05, 0) is 32.3 Å². The van der Waals surface area contributed by atoms with Gasteiger partial charge in [0.05, 0.1) is 13.5 Å². The summed E-state index contributed by atoms with van der Waals surface area (Å²) in [7, 11) is 1.64. The van der Waals surface area contributed by atoms with Gasteiger partial charge in [-0.2, -0.15) is 0 Å². The van der Waals surface area contributed by atoms with Crippen LogP contribution < -0.4 is 4.74 Å². The highest BCUT2D eigenvalue weighted by Gasteiger charge is 2.31. The lowest BCUT2D eigenvalue weighted by Crippen LogP contribution is -2.53. The number of rotatable bonds is 4. The molecule has 3 rings (SSSR count). The van der Waals surface area contributed by atoms with Crippen LogP contribution in [0.15, 0.2) is 12.1 Å². The van der Waals surface area contributed by atoms with E-state index in [1.807, 2.05) is 29.7 Å². The molecule has 0 saturated carbocycles. The zero-order chi connectivity index (χ0) is 18.7. The van der Waals surface area contributed by atoms with E-state index in [0.717, 1.165) is 35.3 Å². The van der Waals surface area contributed by atoms with Gasteiger partial charge in [-0.25, -0.2) is 0 Å². The quantitative estimate of drug-likeness (QED) is 0.820. The fraction of sp³-hybridized carbons (Fsp3) is 0.600. The van der Waals surface area contributed by atoms with E-state index >= 15 is 0 Å². The van der Waals surface area contributed by atoms with Crippen LogP contribution in [0.3, 0.4) is 0 Å². The number of nitrogens with zero attached hydrogens (tertiary/aromatic N) is 2. The summed E-state index contributed by atoms with van der Waals surface area (Å²) in [5.41, 5.74) is 3.09. The van der Waals surface area contributed by atoms with Crippen molar-refractivity contribution < 1.29 is 19.1 Å². The summed E-state index contributed by atoms with van der Waals surface area (Å²) in [6, 6.07) is 4.07. The van der Waals surface area contributed by atoms with Gasteiger partial charge in [0, 0.05) is 38.3 Å². The minimum Gasteiger partial charge on any atom is -0.496 e. The molecule has 1 aromatic carbocycles. The van der Waals surface area contributed by atoms with Gasteiger partial charge in [0.25, 0.3) is 5.91 Å². The molecule has 2 saturated heterocycles. The van der Waals surface area contributed by atoms with Gasteiger partial charge in [-0.1, -0.05) is 17.7 Å². The Morgan fingerprint density at radius 3 is 2.46 bits per heavy atom. The number of aryl methyl sites for hydroxylation is 2. The number of amides is 2. The van der Waals surface area contributed by atoms with E-state index in [4.69, 9.17) is 9.47 Å². The molecule has 0 bridgehead atoms. The maximum absolute atomic E-state index is 12.7. The standard InChI is InChI=1S/C20H28N2O4/c1-14-11-15(2)19(25-3)16(12-14)13-18(23)21-6-8-22(9-7-21)20(24)17-5-4-10-26-17/h11-12,17H,4-10,13H2,1-3H3. The number of carbonyl (C=O) groups excluding carboxylic acids is 2. The van der Waals surface area contributed by atoms with Crippen molar-refractivity contribution in [2.45, 2.75) is 39.2 Å². The number of hydrogen-bond acceptors (Lipinski definition) is 4. The molecule has 1 unspecified atom stereocenters. The molecule has 2 aliphatic rings. The molecule has 2 aliphatic heterocycles. The molecule has 0 aliphatic carbocycles. The Morgan fingerprint density at radius 1 is 1.15 bits per heavy atom. The van der Waals surface area contributed by atoms with E-state index < -0.39 is 0 Å². The summed E-state index contributed by atoms with van der Waals surface area (Å²) in [6.07, 6.45) is 1.81. The van der Waals surface area contributed by atoms with Crippen molar-refractivity contribution in [3.8, 4) is 5.75 Å². The van der Waals surface area contributed by atoms with E-state index in [9.17, 15) is 9.59 Å². The Hall–Kier alpha value is -2.08. The molecule has 0 radical (unpaired) electrons. The summed E-state index contributed by atoms with van der Waals surface area (Å²) in [6.45, 7) is 7.00. The van der Waals surface area contributed by atoms with Crippen LogP contribution in [0.5, 0.6) is 5.75 Å². The van der Waals surface area contributed by atoms with Crippen LogP contribution in [0.1, 0.15) is 29.5 Å². The number of hydrogen-bond donors (Lipinski definition) is 0. The van der Waals surface area contributed by atoms with Gasteiger partial charge >= 0.3 is 0 Å². The van der Waals surface area contributed by atoms with Crippen molar-refractivity contribution in [3.05, 3.63) is 28.8 Å². The van der Waals surface area contributed by atoms with Crippen molar-refractivity contribution in [1.82, 2.24) is 9.80 Å². The van der Waals surface area contributed by atoms with Gasteiger partial charge in [0.2, 0.25) is 5.91 Å². The molecule has 142 valence electrons. The number of carbonyl (C=O) groups is 2. The molecule has 1 atom stereocenters. The third-order valence-corrected chi connectivity index (χ3v) is 5.19. The lowest BCUT2D eigenvalue weighted by molar-refractivity contribution is -0.145. The normalized spacial score (nSPS) is 20.3. The first-order valence-corrected chi connectivity index (χ1v) is 9.32. The van der Waals surface area contributed by atoms with Gasteiger partial charge in [-0.15, -0.1) is 0 Å². The summed E-state index contributed by atoms with van der Waals surface area (Å²) < 4.78 is 11.0. The Balaban J connectivity index is 1.58. The predicted molar refractivity (Wildman–Crippen MR) is 98.3 cm³/mol. The lowest BCUT2D eigenvalue weighted by atomic mass is 10.0. The largest absolute Gasteiger partial charge is 0.496 e. The van der Waals surface area contributed by atoms with Crippen LogP contribution in [0.2, 0.25) is 0 Å². The summed E-state index contributed by atoms with van der Waals surface area (Å²) in [5.74, 6) is 0.944. The van der Waals surface area contributed by atoms with Gasteiger partial charge in [-0.3, -0.25) is 9.59 Å². The number of piperazine rings is 1. The van der Waals surface area contributed by atoms with Gasteiger partial charge in [0.15, 0.2) is 0 Å². The second kappa shape index (κ2) is 8.08. The summed E-state index contributed by atoms with van der Waals surface area (Å²) in [4.78, 5) is 28.8. The third kappa shape index (κ3) is 4.01. The van der Waals surface area contributed by atoms with E-state index in [0.29, 0.717) is 39.2 Å². The average Bonchev–Trinajstić information content (AvgIpc) is 3.15. The fourth-order valence-electron chi connectivity index (χ4n) is 3.89. The van der Waals surface area contributed by atoms with E-state index in [-0.39, 0.29) is 17.9 Å². The van der Waals surface area contributed by atoms with Crippen LogP contribution in [-0.2, 0) is 20.7 Å². The first kappa shape index (κ1) is 18.7. The van der Waals surface area contributed by atoms with Crippen LogP contribution >= 0.6 is 0 Å². The van der Waals surface area contributed by atoms with Crippen LogP contribution in [0.4, 0.5) is 0 Å². The third-order valence-electron chi connectivity index (χ3n) is 5.19. The highest BCUT2D eigenvalue weighted by molar-refractivity contribution is 5.82. The van der Waals surface area contributed by atoms with Gasteiger partial charge < -0.3 is 19.3 Å². The minimum atomic E-state index is -0.281. The molecule has 2 amide bonds. The molecule has 6 heteroatoms. The van der Waals surface area contributed by atoms with Crippen molar-refractivity contribution >= 4 is 11.8 Å². The molecular weight excluding hydrogens is 332 g/mol. The number of ether oxygens (including phenoxy) is 2. The average molecular weight is 360 g/mol. The minimum absolute atomic E-state index is 0.0746. The molecule has 0 N–H and O–H groups in total. The molecular formula is C20H28N2O4. The van der Waals surface area contributed by atoms with Crippen LogP contribution in [0.25, 0.3) is 0 Å². The highest BCUT2D eigenvalue weighted by Crippen LogP contribution is 2.26. The smallest absolute Gasteiger partial charge is 0.251 e.